The standard InChI is InChI=1S/C14H17N5.C14H11N3O/c1-9-4-2-3-5-10(9)12-13-11-6-7-15-14(11)16-8-19(13)18-17-12;1-9-4-2-3-5-10(9)13(18)12-11-6-7-15-14(11)17-8-16-12/h6-10,15H,2-5H2,1H3;2-8H,1H3,(H,15,16,17). The molecule has 1 aliphatic carbocycles. The van der Waals surface area contributed by atoms with Gasteiger partial charge < -0.3 is 9.97 Å². The molecule has 9 nitrogen and oxygen atoms in total. The number of carbonyl (C=O) groups is 1. The third-order valence-corrected chi connectivity index (χ3v) is 7.42. The van der Waals surface area contributed by atoms with E-state index in [0.717, 1.165) is 33.2 Å². The van der Waals surface area contributed by atoms with Crippen LogP contribution in [0.4, 0.5) is 0 Å². The number of aryl methyl sites for hydroxylation is 1. The third kappa shape index (κ3) is 4.16. The van der Waals surface area contributed by atoms with E-state index < -0.39 is 0 Å². The van der Waals surface area contributed by atoms with Gasteiger partial charge in [0, 0.05) is 34.6 Å². The van der Waals surface area contributed by atoms with Gasteiger partial charge in [-0.3, -0.25) is 4.79 Å². The van der Waals surface area contributed by atoms with Crippen LogP contribution in [-0.4, -0.2) is 45.5 Å². The summed E-state index contributed by atoms with van der Waals surface area (Å²) in [6, 6.07) is 11.4. The van der Waals surface area contributed by atoms with Crippen LogP contribution in [0.5, 0.6) is 0 Å². The van der Waals surface area contributed by atoms with E-state index in [9.17, 15) is 4.79 Å². The van der Waals surface area contributed by atoms with Crippen molar-refractivity contribution in [3.8, 4) is 0 Å². The number of carbonyl (C=O) groups excluding carboxylic acids is 1. The van der Waals surface area contributed by atoms with E-state index >= 15 is 0 Å². The van der Waals surface area contributed by atoms with Gasteiger partial charge in [-0.05, 0) is 37.0 Å². The minimum Gasteiger partial charge on any atom is -0.346 e. The van der Waals surface area contributed by atoms with Gasteiger partial charge in [0.05, 0.1) is 5.69 Å². The van der Waals surface area contributed by atoms with E-state index in [0.29, 0.717) is 28.7 Å². The summed E-state index contributed by atoms with van der Waals surface area (Å²) < 4.78 is 1.81. The quantitative estimate of drug-likeness (QED) is 0.320. The Morgan fingerprint density at radius 2 is 1.70 bits per heavy atom. The van der Waals surface area contributed by atoms with Crippen LogP contribution in [0.25, 0.3) is 27.6 Å². The molecule has 1 fully saturated rings. The van der Waals surface area contributed by atoms with Crippen molar-refractivity contribution >= 4 is 33.4 Å². The Morgan fingerprint density at radius 3 is 2.51 bits per heavy atom. The number of hydrogen-bond donors (Lipinski definition) is 2. The summed E-state index contributed by atoms with van der Waals surface area (Å²) in [5.74, 6) is 1.16. The molecule has 1 saturated carbocycles. The molecule has 0 aliphatic heterocycles. The Kier molecular flexibility index (Phi) is 5.96. The second kappa shape index (κ2) is 9.57. The number of nitrogens with one attached hydrogen (secondary N) is 2. The Labute approximate surface area is 213 Å². The average molecular weight is 493 g/mol. The number of fused-ring (bicyclic) bond motifs is 4. The summed E-state index contributed by atoms with van der Waals surface area (Å²) in [6.45, 7) is 4.26. The molecule has 0 bridgehead atoms. The van der Waals surface area contributed by atoms with Gasteiger partial charge in [0.2, 0.25) is 5.78 Å². The van der Waals surface area contributed by atoms with E-state index in [1.54, 1.807) is 12.5 Å². The van der Waals surface area contributed by atoms with Gasteiger partial charge in [-0.25, -0.2) is 19.5 Å². The summed E-state index contributed by atoms with van der Waals surface area (Å²) in [5, 5.41) is 10.6. The molecule has 186 valence electrons. The van der Waals surface area contributed by atoms with Crippen LogP contribution >= 0.6 is 0 Å². The number of hydrogen-bond acceptors (Lipinski definition) is 6. The lowest BCUT2D eigenvalue weighted by Gasteiger charge is -2.27. The second-order valence-electron chi connectivity index (χ2n) is 9.73. The first-order valence-corrected chi connectivity index (χ1v) is 12.7. The molecule has 37 heavy (non-hydrogen) atoms. The first-order valence-electron chi connectivity index (χ1n) is 12.7. The van der Waals surface area contributed by atoms with Gasteiger partial charge >= 0.3 is 0 Å². The fraction of sp³-hybridized carbons (Fsp3) is 0.286. The Bertz CT molecular complexity index is 1710. The van der Waals surface area contributed by atoms with Crippen molar-refractivity contribution < 1.29 is 4.79 Å². The highest BCUT2D eigenvalue weighted by molar-refractivity contribution is 6.14. The summed E-state index contributed by atoms with van der Waals surface area (Å²) in [5.41, 5.74) is 5.95. The maximum absolute atomic E-state index is 12.5. The van der Waals surface area contributed by atoms with Crippen molar-refractivity contribution in [1.29, 1.82) is 0 Å². The molecule has 2 N–H and O–H groups in total. The maximum Gasteiger partial charge on any atom is 0.212 e. The number of aromatic amines is 2. The molecule has 9 heteroatoms. The normalized spacial score (nSPS) is 17.7. The first-order chi connectivity index (χ1) is 18.1. The Morgan fingerprint density at radius 1 is 0.946 bits per heavy atom. The van der Waals surface area contributed by atoms with Crippen LogP contribution in [0.1, 0.15) is 65.8 Å². The molecule has 5 heterocycles. The zero-order chi connectivity index (χ0) is 25.4. The highest BCUT2D eigenvalue weighted by Crippen LogP contribution is 2.39. The lowest BCUT2D eigenvalue weighted by molar-refractivity contribution is 0.103. The molecule has 0 saturated heterocycles. The van der Waals surface area contributed by atoms with Crippen LogP contribution in [0, 0.1) is 12.8 Å². The SMILES string of the molecule is CC1CCCCC1c1nnn2cnc3[nH]ccc3c12.Cc1ccccc1C(=O)c1ncnc2[nH]ccc12. The Balaban J connectivity index is 0.000000136. The van der Waals surface area contributed by atoms with Crippen molar-refractivity contribution in [2.24, 2.45) is 5.92 Å². The fourth-order valence-corrected chi connectivity index (χ4v) is 5.40. The molecule has 6 aromatic rings. The minimum absolute atomic E-state index is 0.0694. The van der Waals surface area contributed by atoms with Crippen LogP contribution < -0.4 is 0 Å². The molecule has 0 amide bonds. The third-order valence-electron chi connectivity index (χ3n) is 7.42. The van der Waals surface area contributed by atoms with E-state index in [-0.39, 0.29) is 5.78 Å². The van der Waals surface area contributed by atoms with E-state index in [1.807, 2.05) is 48.0 Å². The summed E-state index contributed by atoms with van der Waals surface area (Å²) in [7, 11) is 0. The minimum atomic E-state index is -0.0694. The number of aromatic nitrogens is 8. The van der Waals surface area contributed by atoms with Crippen molar-refractivity contribution in [2.45, 2.75) is 45.4 Å². The van der Waals surface area contributed by atoms with E-state index in [4.69, 9.17) is 0 Å². The summed E-state index contributed by atoms with van der Waals surface area (Å²) in [6.07, 6.45) is 12.0. The van der Waals surface area contributed by atoms with E-state index in [1.165, 1.54) is 32.0 Å². The van der Waals surface area contributed by atoms with Crippen molar-refractivity contribution in [3.05, 3.63) is 84.0 Å². The molecule has 0 radical (unpaired) electrons. The van der Waals surface area contributed by atoms with Crippen LogP contribution in [0.2, 0.25) is 0 Å². The molecule has 1 aliphatic rings. The molecular weight excluding hydrogens is 464 g/mol. The molecule has 1 aromatic carbocycles. The zero-order valence-electron chi connectivity index (χ0n) is 20.8. The highest BCUT2D eigenvalue weighted by Gasteiger charge is 2.28. The molecule has 2 atom stereocenters. The number of benzene rings is 1. The van der Waals surface area contributed by atoms with Crippen molar-refractivity contribution in [1.82, 2.24) is 39.7 Å². The zero-order valence-corrected chi connectivity index (χ0v) is 20.8. The highest BCUT2D eigenvalue weighted by atomic mass is 16.1. The summed E-state index contributed by atoms with van der Waals surface area (Å²) in [4.78, 5) is 31.2. The first kappa shape index (κ1) is 23.0. The smallest absolute Gasteiger partial charge is 0.212 e. The predicted octanol–water partition coefficient (Wildman–Crippen LogP) is 5.40. The van der Waals surface area contributed by atoms with Gasteiger partial charge in [0.25, 0.3) is 0 Å². The average Bonchev–Trinajstić information content (AvgIpc) is 3.68. The van der Waals surface area contributed by atoms with Crippen LogP contribution in [0.3, 0.4) is 0 Å². The van der Waals surface area contributed by atoms with Gasteiger partial charge in [0.1, 0.15) is 35.2 Å². The molecule has 2 unspecified atom stereocenters. The number of nitrogens with zero attached hydrogens (tertiary/aromatic N) is 6. The van der Waals surface area contributed by atoms with Gasteiger partial charge in [-0.1, -0.05) is 55.7 Å². The lowest BCUT2D eigenvalue weighted by atomic mass is 9.78. The van der Waals surface area contributed by atoms with Crippen LogP contribution in [-0.2, 0) is 0 Å². The second-order valence-corrected chi connectivity index (χ2v) is 9.73. The van der Waals surface area contributed by atoms with Crippen molar-refractivity contribution in [2.75, 3.05) is 0 Å². The fourth-order valence-electron chi connectivity index (χ4n) is 5.40. The molecule has 5 aromatic heterocycles. The van der Waals surface area contributed by atoms with E-state index in [2.05, 4.69) is 48.2 Å². The lowest BCUT2D eigenvalue weighted by Crippen LogP contribution is -2.15. The monoisotopic (exact) mass is 492 g/mol. The Hall–Kier alpha value is -4.40. The van der Waals surface area contributed by atoms with Crippen molar-refractivity contribution in [3.63, 3.8) is 0 Å². The van der Waals surface area contributed by atoms with Gasteiger partial charge in [-0.15, -0.1) is 5.10 Å². The molecule has 0 spiro atoms. The van der Waals surface area contributed by atoms with Crippen LogP contribution in [0.15, 0.2) is 61.4 Å². The number of ketones is 1. The molecular formula is C28H28N8O. The largest absolute Gasteiger partial charge is 0.346 e. The van der Waals surface area contributed by atoms with Gasteiger partial charge in [-0.2, -0.15) is 0 Å². The van der Waals surface area contributed by atoms with Gasteiger partial charge in [0.15, 0.2) is 0 Å². The molecule has 7 rings (SSSR count). The number of H-pyrrole nitrogens is 2. The predicted molar refractivity (Wildman–Crippen MR) is 142 cm³/mol. The summed E-state index contributed by atoms with van der Waals surface area (Å²) >= 11 is 0. The topological polar surface area (TPSA) is 118 Å². The number of rotatable bonds is 3. The maximum atomic E-state index is 12.5.